The van der Waals surface area contributed by atoms with E-state index in [0.717, 1.165) is 64.4 Å². The standard InChI is InChI=1S/C58H62F3N7O9S2/c1-34(2)50(66-31-39-10-6-7-11-44(39)53(66)71)54(72)65-32-42(69)28-46(65)52(70)63-30-38-15-14-36(51-35(3)64-33-79-51)26-49(38)77-25-24-76-48-13-9-8-12-47(48)75-23-22-74-43-20-18-40(19-21-43)68-56(78)67(55(73)57(68,4)5)41-17-16-37(29-62)45(27-41)58(59,60)61/h6-7,10-11,14-21,26-27,33-34,42,46-48,50,69H,8-9,12-13,22-25,28,30-32H2,1-5H3,(H,63,70)/t42-,46+,47+,48-,50+/m1/s1. The second-order valence-corrected chi connectivity index (χ2v) is 22.2. The average molecular weight is 1120 g/mol. The number of thiazole rings is 1. The molecule has 1 aromatic heterocycles. The minimum absolute atomic E-state index is 0.0140. The van der Waals surface area contributed by atoms with Crippen LogP contribution in [0.4, 0.5) is 24.5 Å². The van der Waals surface area contributed by atoms with Gasteiger partial charge >= 0.3 is 6.18 Å². The average Bonchev–Trinajstić information content (AvgIpc) is 4.32. The summed E-state index contributed by atoms with van der Waals surface area (Å²) in [6, 6.07) is 22.8. The van der Waals surface area contributed by atoms with Crippen LogP contribution in [0.5, 0.6) is 11.5 Å². The fourth-order valence-corrected chi connectivity index (χ4v) is 12.2. The number of nitriles is 1. The number of ether oxygens (including phenoxy) is 4. The van der Waals surface area contributed by atoms with Crippen LogP contribution in [-0.2, 0) is 43.1 Å². The summed E-state index contributed by atoms with van der Waals surface area (Å²) in [6.07, 6.45) is -2.51. The Morgan fingerprint density at radius 1 is 0.937 bits per heavy atom. The van der Waals surface area contributed by atoms with Crippen LogP contribution in [-0.4, -0.2) is 118 Å². The van der Waals surface area contributed by atoms with Gasteiger partial charge < -0.3 is 44.1 Å². The first-order chi connectivity index (χ1) is 37.8. The molecule has 4 aliphatic rings. The molecule has 4 aromatic carbocycles. The lowest BCUT2D eigenvalue weighted by atomic mass is 9.94. The van der Waals surface area contributed by atoms with Gasteiger partial charge in [-0.15, -0.1) is 11.3 Å². The van der Waals surface area contributed by atoms with Gasteiger partial charge in [-0.3, -0.25) is 24.1 Å². The van der Waals surface area contributed by atoms with Crippen molar-refractivity contribution in [2.45, 2.75) is 122 Å². The minimum atomic E-state index is -4.81. The first-order valence-electron chi connectivity index (χ1n) is 26.3. The lowest BCUT2D eigenvalue weighted by Gasteiger charge is -2.35. The molecule has 0 unspecified atom stereocenters. The zero-order valence-corrected chi connectivity index (χ0v) is 46.1. The van der Waals surface area contributed by atoms with E-state index in [1.54, 1.807) is 71.6 Å². The van der Waals surface area contributed by atoms with Gasteiger partial charge in [0.2, 0.25) is 11.8 Å². The van der Waals surface area contributed by atoms with Gasteiger partial charge in [0.1, 0.15) is 42.3 Å². The van der Waals surface area contributed by atoms with Crippen molar-refractivity contribution in [3.8, 4) is 28.0 Å². The molecule has 0 spiro atoms. The topological polar surface area (TPSA) is 187 Å². The second-order valence-electron chi connectivity index (χ2n) is 20.9. The van der Waals surface area contributed by atoms with E-state index in [2.05, 4.69) is 10.3 Å². The van der Waals surface area contributed by atoms with Gasteiger partial charge in [-0.05, 0) is 117 Å². The van der Waals surface area contributed by atoms with Crippen molar-refractivity contribution in [1.82, 2.24) is 20.1 Å². The molecular formula is C58H62F3N7O9S2. The summed E-state index contributed by atoms with van der Waals surface area (Å²) in [4.78, 5) is 66.6. The highest BCUT2D eigenvalue weighted by molar-refractivity contribution is 7.81. The number of rotatable bonds is 19. The Morgan fingerprint density at radius 3 is 2.27 bits per heavy atom. The molecular weight excluding hydrogens is 1060 g/mol. The van der Waals surface area contributed by atoms with Crippen molar-refractivity contribution in [3.05, 3.63) is 124 Å². The number of halogens is 3. The van der Waals surface area contributed by atoms with Crippen LogP contribution in [0.25, 0.3) is 10.4 Å². The van der Waals surface area contributed by atoms with E-state index in [1.165, 1.54) is 22.3 Å². The van der Waals surface area contributed by atoms with Gasteiger partial charge in [0.05, 0.1) is 70.5 Å². The second kappa shape index (κ2) is 23.8. The van der Waals surface area contributed by atoms with E-state index in [-0.39, 0.29) is 93.2 Å². The number of β-amino-alcohol motifs (C(OH)–C–C–N with tert-alkyl or cyclic N) is 1. The molecule has 3 aliphatic heterocycles. The third kappa shape index (κ3) is 12.0. The number of hydrogen-bond donors (Lipinski definition) is 2. The molecule has 5 aromatic rings. The zero-order valence-electron chi connectivity index (χ0n) is 44.5. The number of carbonyl (C=O) groups is 4. The molecule has 4 heterocycles. The smallest absolute Gasteiger partial charge is 0.417 e. The highest BCUT2D eigenvalue weighted by atomic mass is 32.1. The molecule has 416 valence electrons. The number of carbonyl (C=O) groups excluding carboxylic acids is 4. The Labute approximate surface area is 466 Å². The Morgan fingerprint density at radius 2 is 1.62 bits per heavy atom. The number of likely N-dealkylation sites (tertiary alicyclic amines) is 1. The van der Waals surface area contributed by atoms with Crippen LogP contribution in [0.15, 0.2) is 90.4 Å². The summed E-state index contributed by atoms with van der Waals surface area (Å²) in [5, 5.41) is 23.1. The molecule has 0 bridgehead atoms. The van der Waals surface area contributed by atoms with Crippen LogP contribution >= 0.6 is 23.6 Å². The molecule has 9 rings (SSSR count). The van der Waals surface area contributed by atoms with Crippen LogP contribution in [0.2, 0.25) is 0 Å². The summed E-state index contributed by atoms with van der Waals surface area (Å²) in [5.74, 6) is -0.763. The van der Waals surface area contributed by atoms with Crippen LogP contribution in [0, 0.1) is 24.2 Å². The summed E-state index contributed by atoms with van der Waals surface area (Å²) in [6.45, 7) is 10.2. The molecule has 5 atom stereocenters. The maximum atomic E-state index is 14.3. The summed E-state index contributed by atoms with van der Waals surface area (Å²) in [5.41, 5.74) is 3.11. The van der Waals surface area contributed by atoms with E-state index >= 15 is 0 Å². The number of benzene rings is 4. The minimum Gasteiger partial charge on any atom is -0.491 e. The number of fused-ring (bicyclic) bond motifs is 1. The molecule has 4 amide bonds. The molecule has 0 radical (unpaired) electrons. The van der Waals surface area contributed by atoms with Gasteiger partial charge in [-0.2, -0.15) is 18.4 Å². The highest BCUT2D eigenvalue weighted by Gasteiger charge is 2.51. The first kappa shape index (κ1) is 56.7. The van der Waals surface area contributed by atoms with Crippen LogP contribution in [0.1, 0.15) is 98.1 Å². The van der Waals surface area contributed by atoms with Crippen LogP contribution in [0.3, 0.4) is 0 Å². The summed E-state index contributed by atoms with van der Waals surface area (Å²) < 4.78 is 66.7. The lowest BCUT2D eigenvalue weighted by molar-refractivity contribution is -0.143. The molecule has 2 saturated heterocycles. The molecule has 21 heteroatoms. The van der Waals surface area contributed by atoms with Crippen molar-refractivity contribution in [2.24, 2.45) is 5.92 Å². The zero-order chi connectivity index (χ0) is 56.3. The van der Waals surface area contributed by atoms with Crippen molar-refractivity contribution < 1.29 is 56.4 Å². The number of nitrogens with one attached hydrogen (secondary N) is 1. The number of amides is 4. The number of aryl methyl sites for hydroxylation is 1. The third-order valence-corrected chi connectivity index (χ3v) is 16.3. The fraction of sp³-hybridized carbons (Fsp3) is 0.431. The molecule has 79 heavy (non-hydrogen) atoms. The fourth-order valence-electron chi connectivity index (χ4n) is 10.9. The summed E-state index contributed by atoms with van der Waals surface area (Å²) in [7, 11) is 0. The normalized spacial score (nSPS) is 20.4. The van der Waals surface area contributed by atoms with E-state index in [1.807, 2.05) is 51.1 Å². The molecule has 16 nitrogen and oxygen atoms in total. The maximum absolute atomic E-state index is 14.3. The van der Waals surface area contributed by atoms with E-state index in [9.17, 15) is 42.7 Å². The maximum Gasteiger partial charge on any atom is 0.417 e. The van der Waals surface area contributed by atoms with Crippen molar-refractivity contribution >= 4 is 63.7 Å². The van der Waals surface area contributed by atoms with E-state index in [0.29, 0.717) is 28.3 Å². The number of nitrogens with zero attached hydrogens (tertiary/aromatic N) is 6. The molecule has 1 aliphatic carbocycles. The number of alkyl halides is 3. The van der Waals surface area contributed by atoms with E-state index < -0.39 is 52.8 Å². The number of aromatic nitrogens is 1. The number of thiocarbonyl (C=S) groups is 1. The first-order valence-corrected chi connectivity index (χ1v) is 27.6. The number of aliphatic hydroxyl groups excluding tert-OH is 1. The third-order valence-electron chi connectivity index (χ3n) is 14.9. The molecule has 3 fully saturated rings. The number of hydrogen-bond acceptors (Lipinski definition) is 13. The number of aliphatic hydroxyl groups is 1. The van der Waals surface area contributed by atoms with Gasteiger partial charge in [-0.1, -0.05) is 57.0 Å². The Balaban J connectivity index is 0.779. The van der Waals surface area contributed by atoms with E-state index in [4.69, 9.17) is 31.2 Å². The Kier molecular flexibility index (Phi) is 17.1. The highest BCUT2D eigenvalue weighted by Crippen LogP contribution is 2.41. The quantitative estimate of drug-likeness (QED) is 0.0590. The SMILES string of the molecule is Cc1ncsc1-c1ccc(CNC(=O)[C@@H]2C[C@@H](O)CN2C(=O)[C@H](C(C)C)N2Cc3ccccc3C2=O)c(OCCO[C@@H]2CCCC[C@@H]2OCCOc2ccc(N3C(=S)N(c4ccc(C#N)c(C(F)(F)F)c4)C(=O)C3(C)C)cc2)c1. The monoisotopic (exact) mass is 1120 g/mol. The van der Waals surface area contributed by atoms with Crippen LogP contribution < -0.4 is 24.6 Å². The van der Waals surface area contributed by atoms with Crippen molar-refractivity contribution in [2.75, 3.05) is 42.8 Å². The Bertz CT molecular complexity index is 3150. The lowest BCUT2D eigenvalue weighted by Crippen LogP contribution is -2.55. The Hall–Kier alpha value is -6.96. The predicted molar refractivity (Wildman–Crippen MR) is 293 cm³/mol. The van der Waals surface area contributed by atoms with Gasteiger partial charge in [0.15, 0.2) is 5.11 Å². The summed E-state index contributed by atoms with van der Waals surface area (Å²) >= 11 is 7.19. The molecule has 1 saturated carbocycles. The van der Waals surface area contributed by atoms with Gasteiger partial charge in [0.25, 0.3) is 11.8 Å². The largest absolute Gasteiger partial charge is 0.491 e. The van der Waals surface area contributed by atoms with Gasteiger partial charge in [0, 0.05) is 42.9 Å². The number of anilines is 2. The van der Waals surface area contributed by atoms with Gasteiger partial charge in [-0.25, -0.2) is 4.98 Å². The van der Waals surface area contributed by atoms with Crippen molar-refractivity contribution in [3.63, 3.8) is 0 Å². The van der Waals surface area contributed by atoms with Crippen molar-refractivity contribution in [1.29, 1.82) is 5.26 Å². The molecule has 2 N–H and O–H groups in total. The predicted octanol–water partition coefficient (Wildman–Crippen LogP) is 8.99.